The molecular weight excluding hydrogens is 385 g/mol. The number of carboxylic acid groups (broad SMARTS) is 2. The van der Waals surface area contributed by atoms with Gasteiger partial charge in [0.25, 0.3) is 0 Å². The van der Waals surface area contributed by atoms with Crippen LogP contribution in [0, 0.1) is 0 Å². The highest BCUT2D eigenvalue weighted by molar-refractivity contribution is 6.33. The maximum Gasteiger partial charge on any atom is 0.416 e. The van der Waals surface area contributed by atoms with Crippen molar-refractivity contribution in [3.05, 3.63) is 28.8 Å². The van der Waals surface area contributed by atoms with Crippen LogP contribution < -0.4 is 10.6 Å². The Morgan fingerprint density at radius 2 is 1.73 bits per heavy atom. The maximum absolute atomic E-state index is 12.5. The molecule has 8 nitrogen and oxygen atoms in total. The van der Waals surface area contributed by atoms with Crippen LogP contribution in [0.25, 0.3) is 0 Å². The van der Waals surface area contributed by atoms with E-state index in [9.17, 15) is 18.0 Å². The summed E-state index contributed by atoms with van der Waals surface area (Å²) in [5.41, 5.74) is -1.00. The average molecular weight is 401 g/mol. The van der Waals surface area contributed by atoms with Crippen molar-refractivity contribution in [2.45, 2.75) is 19.2 Å². The molecule has 0 saturated heterocycles. The van der Waals surface area contributed by atoms with Gasteiger partial charge >= 0.3 is 18.1 Å². The van der Waals surface area contributed by atoms with Crippen LogP contribution in [0.3, 0.4) is 0 Å². The number of rotatable bonds is 5. The first-order chi connectivity index (χ1) is 11.8. The van der Waals surface area contributed by atoms with Gasteiger partial charge in [-0.15, -0.1) is 0 Å². The van der Waals surface area contributed by atoms with Crippen molar-refractivity contribution in [3.8, 4) is 0 Å². The van der Waals surface area contributed by atoms with Gasteiger partial charge in [-0.05, 0) is 25.1 Å². The topological polar surface area (TPSA) is 136 Å². The van der Waals surface area contributed by atoms with Gasteiger partial charge in [0.1, 0.15) is 0 Å². The normalized spacial score (nSPS) is 11.8. The number of nitrogens with one attached hydrogen (secondary N) is 2. The lowest BCUT2D eigenvalue weighted by atomic mass is 10.2. The van der Waals surface area contributed by atoms with Crippen LogP contribution in [-0.4, -0.2) is 52.4 Å². The lowest BCUT2D eigenvalue weighted by Gasteiger charge is -2.12. The Hall–Kier alpha value is -2.37. The van der Waals surface area contributed by atoms with Crippen LogP contribution >= 0.6 is 11.6 Å². The van der Waals surface area contributed by atoms with Gasteiger partial charge in [0.15, 0.2) is 0 Å². The van der Waals surface area contributed by atoms with Gasteiger partial charge < -0.3 is 26.0 Å². The van der Waals surface area contributed by atoms with E-state index in [1.807, 2.05) is 0 Å². The molecule has 0 saturated carbocycles. The van der Waals surface area contributed by atoms with E-state index < -0.39 is 35.7 Å². The second kappa shape index (κ2) is 10.6. The van der Waals surface area contributed by atoms with Gasteiger partial charge in [0.05, 0.1) is 28.9 Å². The molecule has 0 aliphatic carbocycles. The predicted molar refractivity (Wildman–Crippen MR) is 84.9 cm³/mol. The molecule has 0 radical (unpaired) electrons. The zero-order valence-corrected chi connectivity index (χ0v) is 14.1. The fourth-order valence-corrected chi connectivity index (χ4v) is 1.55. The van der Waals surface area contributed by atoms with Gasteiger partial charge in [0.2, 0.25) is 5.91 Å². The molecule has 1 amide bonds. The predicted octanol–water partition coefficient (Wildman–Crippen LogP) is 1.42. The van der Waals surface area contributed by atoms with E-state index in [0.717, 1.165) is 18.2 Å². The molecule has 5 N–H and O–H groups in total. The lowest BCUT2D eigenvalue weighted by molar-refractivity contribution is -0.159. The Morgan fingerprint density at radius 3 is 2.15 bits per heavy atom. The molecule has 1 unspecified atom stereocenters. The van der Waals surface area contributed by atoms with Crippen molar-refractivity contribution in [1.82, 2.24) is 5.32 Å². The van der Waals surface area contributed by atoms with E-state index in [1.54, 1.807) is 0 Å². The number of aliphatic carboxylic acids is 2. The number of carboxylic acids is 2. The minimum Gasteiger partial charge on any atom is -0.473 e. The summed E-state index contributed by atoms with van der Waals surface area (Å²) in [5, 5.41) is 28.7. The van der Waals surface area contributed by atoms with Gasteiger partial charge in [-0.2, -0.15) is 13.2 Å². The first kappa shape index (κ1) is 23.6. The molecular formula is C14H16ClF3N2O6. The maximum atomic E-state index is 12.5. The second-order valence-corrected chi connectivity index (χ2v) is 5.24. The fraction of sp³-hybridized carbons (Fsp3) is 0.357. The summed E-state index contributed by atoms with van der Waals surface area (Å²) in [6.45, 7) is 1.59. The van der Waals surface area contributed by atoms with E-state index in [4.69, 9.17) is 36.5 Å². The molecule has 1 aromatic carbocycles. The van der Waals surface area contributed by atoms with E-state index >= 15 is 0 Å². The molecule has 0 aliphatic rings. The summed E-state index contributed by atoms with van der Waals surface area (Å²) < 4.78 is 37.6. The number of aliphatic hydroxyl groups excluding tert-OH is 1. The standard InChI is InChI=1S/C12H14ClF3N2O2.C2H2O4/c1-7(19)5-17-6-11(20)18-10-4-8(12(14,15)16)2-3-9(10)13;3-1(4)2(5)6/h2-4,7,17,19H,5-6H2,1H3,(H,18,20);(H,3,4)(H,5,6). The molecule has 146 valence electrons. The number of amides is 1. The molecule has 26 heavy (non-hydrogen) atoms. The summed E-state index contributed by atoms with van der Waals surface area (Å²) in [4.78, 5) is 29.7. The minimum absolute atomic E-state index is 0.0156. The van der Waals surface area contributed by atoms with Crippen molar-refractivity contribution in [2.75, 3.05) is 18.4 Å². The summed E-state index contributed by atoms with van der Waals surface area (Å²) >= 11 is 5.73. The van der Waals surface area contributed by atoms with E-state index in [-0.39, 0.29) is 23.8 Å². The van der Waals surface area contributed by atoms with Crippen LogP contribution in [0.5, 0.6) is 0 Å². The van der Waals surface area contributed by atoms with Gasteiger partial charge in [-0.3, -0.25) is 4.79 Å². The lowest BCUT2D eigenvalue weighted by Crippen LogP contribution is -2.32. The van der Waals surface area contributed by atoms with Crippen LogP contribution in [0.2, 0.25) is 5.02 Å². The number of benzene rings is 1. The molecule has 0 fully saturated rings. The number of hydrogen-bond donors (Lipinski definition) is 5. The Labute approximate surface area is 150 Å². The number of carbonyl (C=O) groups excluding carboxylic acids is 1. The molecule has 0 spiro atoms. The van der Waals surface area contributed by atoms with Crippen molar-refractivity contribution < 1.29 is 42.9 Å². The van der Waals surface area contributed by atoms with Crippen LogP contribution in [0.4, 0.5) is 18.9 Å². The monoisotopic (exact) mass is 400 g/mol. The highest BCUT2D eigenvalue weighted by atomic mass is 35.5. The van der Waals surface area contributed by atoms with Crippen LogP contribution in [-0.2, 0) is 20.6 Å². The van der Waals surface area contributed by atoms with Gasteiger partial charge in [-0.1, -0.05) is 11.6 Å². The third-order valence-electron chi connectivity index (χ3n) is 2.48. The fourth-order valence-electron chi connectivity index (χ4n) is 1.39. The smallest absolute Gasteiger partial charge is 0.416 e. The highest BCUT2D eigenvalue weighted by Crippen LogP contribution is 2.33. The minimum atomic E-state index is -4.51. The van der Waals surface area contributed by atoms with Gasteiger partial charge in [-0.25, -0.2) is 9.59 Å². The molecule has 0 aliphatic heterocycles. The quantitative estimate of drug-likeness (QED) is 0.471. The molecule has 1 aromatic rings. The number of aliphatic hydroxyl groups is 1. The summed E-state index contributed by atoms with van der Waals surface area (Å²) in [7, 11) is 0. The van der Waals surface area contributed by atoms with Crippen LogP contribution in [0.15, 0.2) is 18.2 Å². The molecule has 0 heterocycles. The van der Waals surface area contributed by atoms with E-state index in [2.05, 4.69) is 10.6 Å². The number of alkyl halides is 3. The number of anilines is 1. The third-order valence-corrected chi connectivity index (χ3v) is 2.81. The summed E-state index contributed by atoms with van der Waals surface area (Å²) in [6.07, 6.45) is -5.13. The number of carbonyl (C=O) groups is 3. The van der Waals surface area contributed by atoms with Crippen molar-refractivity contribution in [3.63, 3.8) is 0 Å². The molecule has 1 atom stereocenters. The Balaban J connectivity index is 0.000000896. The van der Waals surface area contributed by atoms with Gasteiger partial charge in [0, 0.05) is 6.54 Å². The molecule has 12 heteroatoms. The number of hydrogen-bond acceptors (Lipinski definition) is 5. The van der Waals surface area contributed by atoms with Crippen LogP contribution in [0.1, 0.15) is 12.5 Å². The number of halogens is 4. The van der Waals surface area contributed by atoms with E-state index in [0.29, 0.717) is 0 Å². The average Bonchev–Trinajstić information content (AvgIpc) is 2.48. The molecule has 0 bridgehead atoms. The van der Waals surface area contributed by atoms with Crippen molar-refractivity contribution in [2.24, 2.45) is 0 Å². The third kappa shape index (κ3) is 9.81. The first-order valence-electron chi connectivity index (χ1n) is 6.86. The van der Waals surface area contributed by atoms with E-state index in [1.165, 1.54) is 6.92 Å². The SMILES string of the molecule is CC(O)CNCC(=O)Nc1cc(C(F)(F)F)ccc1Cl.O=C(O)C(=O)O. The molecule has 1 rings (SSSR count). The zero-order chi connectivity index (χ0) is 20.5. The Bertz CT molecular complexity index is 640. The zero-order valence-electron chi connectivity index (χ0n) is 13.3. The largest absolute Gasteiger partial charge is 0.473 e. The van der Waals surface area contributed by atoms with Crippen molar-refractivity contribution in [1.29, 1.82) is 0 Å². The highest BCUT2D eigenvalue weighted by Gasteiger charge is 2.31. The summed E-state index contributed by atoms with van der Waals surface area (Å²) in [6, 6.07) is 2.68. The first-order valence-corrected chi connectivity index (χ1v) is 7.24. The molecule has 0 aromatic heterocycles. The summed E-state index contributed by atoms with van der Waals surface area (Å²) in [5.74, 6) is -4.20. The Morgan fingerprint density at radius 1 is 1.19 bits per heavy atom. The Kier molecular flexibility index (Phi) is 9.62. The second-order valence-electron chi connectivity index (χ2n) is 4.83. The van der Waals surface area contributed by atoms with Crippen molar-refractivity contribution >= 4 is 35.1 Å².